The number of rotatable bonds is 7. The zero-order chi connectivity index (χ0) is 14.4. The van der Waals surface area contributed by atoms with Gasteiger partial charge in [0.2, 0.25) is 0 Å². The summed E-state index contributed by atoms with van der Waals surface area (Å²) in [6.45, 7) is 3.71. The Labute approximate surface area is 121 Å². The second-order valence-corrected chi connectivity index (χ2v) is 5.40. The predicted octanol–water partition coefficient (Wildman–Crippen LogP) is 4.76. The topological polar surface area (TPSA) is 25.2 Å². The van der Waals surface area contributed by atoms with Crippen molar-refractivity contribution in [2.45, 2.75) is 30.5 Å². The first-order chi connectivity index (χ1) is 9.70. The second-order valence-electron chi connectivity index (χ2n) is 4.34. The maximum atomic E-state index is 12.3. The molecule has 20 heavy (non-hydrogen) atoms. The molecule has 2 rings (SSSR count). The third kappa shape index (κ3) is 4.08. The Hall–Kier alpha value is -1.33. The molecule has 0 aliphatic rings. The minimum atomic E-state index is -2.39. The molecule has 0 spiro atoms. The van der Waals surface area contributed by atoms with Gasteiger partial charge in [0.15, 0.2) is 0 Å². The lowest BCUT2D eigenvalue weighted by Crippen LogP contribution is -2.13. The van der Waals surface area contributed by atoms with E-state index in [2.05, 4.69) is 12.2 Å². The average Bonchev–Trinajstić information content (AvgIpc) is 2.88. The predicted molar refractivity (Wildman–Crippen MR) is 78.0 cm³/mol. The van der Waals surface area contributed by atoms with Crippen LogP contribution < -0.4 is 5.32 Å². The van der Waals surface area contributed by atoms with Crippen molar-refractivity contribution in [1.29, 1.82) is 0 Å². The van der Waals surface area contributed by atoms with Crippen molar-refractivity contribution in [2.24, 2.45) is 0 Å². The van der Waals surface area contributed by atoms with Gasteiger partial charge in [-0.25, -0.2) is 0 Å². The number of hydrogen-bond acceptors (Lipinski definition) is 3. The van der Waals surface area contributed by atoms with Gasteiger partial charge in [-0.05, 0) is 36.7 Å². The van der Waals surface area contributed by atoms with E-state index in [1.54, 1.807) is 18.4 Å². The third-order valence-corrected chi connectivity index (χ3v) is 3.57. The van der Waals surface area contributed by atoms with Crippen LogP contribution in [0.4, 0.5) is 8.78 Å². The number of thioether (sulfide) groups is 1. The Kier molecular flexibility index (Phi) is 5.61. The first-order valence-corrected chi connectivity index (χ1v) is 7.41. The molecule has 0 unspecified atom stereocenters. The molecule has 108 valence electrons. The van der Waals surface area contributed by atoms with Crippen LogP contribution in [0.1, 0.15) is 19.1 Å². The molecule has 1 heterocycles. The highest BCUT2D eigenvalue weighted by Gasteiger charge is 2.09. The third-order valence-electron chi connectivity index (χ3n) is 2.85. The summed E-state index contributed by atoms with van der Waals surface area (Å²) in [5.74, 6) is -1.52. The van der Waals surface area contributed by atoms with E-state index in [0.717, 1.165) is 29.9 Å². The molecule has 2 aromatic rings. The summed E-state index contributed by atoms with van der Waals surface area (Å²) in [4.78, 5) is 0.568. The summed E-state index contributed by atoms with van der Waals surface area (Å²) < 4.78 is 30.0. The van der Waals surface area contributed by atoms with E-state index in [1.165, 1.54) is 0 Å². The molecule has 5 heteroatoms. The Morgan fingerprint density at radius 2 is 1.95 bits per heavy atom. The Balaban J connectivity index is 2.09. The van der Waals surface area contributed by atoms with Crippen LogP contribution in [0.15, 0.2) is 45.9 Å². The average molecular weight is 297 g/mol. The van der Waals surface area contributed by atoms with E-state index in [4.69, 9.17) is 4.42 Å². The number of nitrogens with one attached hydrogen (secondary N) is 1. The van der Waals surface area contributed by atoms with Gasteiger partial charge in [0.05, 0.1) is 12.8 Å². The fourth-order valence-corrected chi connectivity index (χ4v) is 2.43. The van der Waals surface area contributed by atoms with Crippen LogP contribution in [-0.2, 0) is 6.54 Å². The van der Waals surface area contributed by atoms with Crippen molar-refractivity contribution in [3.05, 3.63) is 42.4 Å². The minimum absolute atomic E-state index is 0.556. The number of hydrogen-bond donors (Lipinski definition) is 1. The number of halogens is 2. The van der Waals surface area contributed by atoms with Crippen LogP contribution in [0, 0.1) is 0 Å². The summed E-state index contributed by atoms with van der Waals surface area (Å²) >= 11 is 0.556. The molecule has 1 aromatic carbocycles. The standard InChI is InChI=1S/C15H17F2NOS/c1-2-8-18-10-14-13(7-9-19-14)11-3-5-12(6-4-11)20-15(16)17/h3-7,9,15,18H,2,8,10H2,1H3. The van der Waals surface area contributed by atoms with Crippen molar-refractivity contribution < 1.29 is 13.2 Å². The van der Waals surface area contributed by atoms with Gasteiger partial charge in [-0.1, -0.05) is 30.8 Å². The van der Waals surface area contributed by atoms with Gasteiger partial charge in [0.1, 0.15) is 5.76 Å². The molecule has 0 aliphatic carbocycles. The first-order valence-electron chi connectivity index (χ1n) is 6.53. The van der Waals surface area contributed by atoms with E-state index in [9.17, 15) is 8.78 Å². The maximum absolute atomic E-state index is 12.3. The lowest BCUT2D eigenvalue weighted by molar-refractivity contribution is 0.252. The molecule has 0 saturated heterocycles. The van der Waals surface area contributed by atoms with E-state index < -0.39 is 5.76 Å². The molecular weight excluding hydrogens is 280 g/mol. The second kappa shape index (κ2) is 7.45. The summed E-state index contributed by atoms with van der Waals surface area (Å²) in [7, 11) is 0. The van der Waals surface area contributed by atoms with Crippen LogP contribution in [0.5, 0.6) is 0 Å². The van der Waals surface area contributed by atoms with Gasteiger partial charge < -0.3 is 9.73 Å². The van der Waals surface area contributed by atoms with Gasteiger partial charge in [-0.3, -0.25) is 0 Å². The first kappa shape index (κ1) is 15.1. The summed E-state index contributed by atoms with van der Waals surface area (Å²) in [6.07, 6.45) is 2.72. The molecule has 2 nitrogen and oxygen atoms in total. The molecule has 0 atom stereocenters. The van der Waals surface area contributed by atoms with Gasteiger partial charge in [0, 0.05) is 10.5 Å². The Morgan fingerprint density at radius 3 is 2.60 bits per heavy atom. The van der Waals surface area contributed by atoms with Crippen molar-refractivity contribution in [1.82, 2.24) is 5.32 Å². The molecule has 0 saturated carbocycles. The van der Waals surface area contributed by atoms with Crippen molar-refractivity contribution in [3.8, 4) is 11.1 Å². The van der Waals surface area contributed by atoms with Crippen molar-refractivity contribution >= 4 is 11.8 Å². The molecule has 0 amide bonds. The zero-order valence-electron chi connectivity index (χ0n) is 11.2. The van der Waals surface area contributed by atoms with Crippen LogP contribution in [0.2, 0.25) is 0 Å². The lowest BCUT2D eigenvalue weighted by atomic mass is 10.1. The van der Waals surface area contributed by atoms with Gasteiger partial charge in [-0.15, -0.1) is 0 Å². The molecule has 1 aromatic heterocycles. The van der Waals surface area contributed by atoms with Gasteiger partial charge in [0.25, 0.3) is 5.76 Å². The molecule has 0 radical (unpaired) electrons. The summed E-state index contributed by atoms with van der Waals surface area (Å²) in [5.41, 5.74) is 1.98. The van der Waals surface area contributed by atoms with E-state index in [-0.39, 0.29) is 0 Å². The monoisotopic (exact) mass is 297 g/mol. The fraction of sp³-hybridized carbons (Fsp3) is 0.333. The Morgan fingerprint density at radius 1 is 1.20 bits per heavy atom. The highest BCUT2D eigenvalue weighted by atomic mass is 32.2. The Bertz CT molecular complexity index is 525. The minimum Gasteiger partial charge on any atom is -0.467 e. The normalized spacial score (nSPS) is 11.2. The highest BCUT2D eigenvalue weighted by Crippen LogP contribution is 2.29. The van der Waals surface area contributed by atoms with E-state index >= 15 is 0 Å². The number of alkyl halides is 2. The van der Waals surface area contributed by atoms with Crippen molar-refractivity contribution in [3.63, 3.8) is 0 Å². The van der Waals surface area contributed by atoms with Crippen molar-refractivity contribution in [2.75, 3.05) is 6.54 Å². The van der Waals surface area contributed by atoms with Gasteiger partial charge >= 0.3 is 0 Å². The molecule has 0 fully saturated rings. The lowest BCUT2D eigenvalue weighted by Gasteiger charge is -2.05. The summed E-state index contributed by atoms with van der Waals surface area (Å²) in [5, 5.41) is 3.29. The smallest absolute Gasteiger partial charge is 0.288 e. The SMILES string of the molecule is CCCNCc1occc1-c1ccc(SC(F)F)cc1. The number of furan rings is 1. The fourth-order valence-electron chi connectivity index (χ4n) is 1.93. The quantitative estimate of drug-likeness (QED) is 0.589. The highest BCUT2D eigenvalue weighted by molar-refractivity contribution is 7.99. The number of benzene rings is 1. The molecule has 0 bridgehead atoms. The maximum Gasteiger partial charge on any atom is 0.288 e. The van der Waals surface area contributed by atoms with Crippen LogP contribution in [0.3, 0.4) is 0 Å². The zero-order valence-corrected chi connectivity index (χ0v) is 12.1. The molecule has 1 N–H and O–H groups in total. The van der Waals surface area contributed by atoms with Crippen LogP contribution in [-0.4, -0.2) is 12.3 Å². The van der Waals surface area contributed by atoms with Crippen LogP contribution in [0.25, 0.3) is 11.1 Å². The van der Waals surface area contributed by atoms with E-state index in [0.29, 0.717) is 23.2 Å². The van der Waals surface area contributed by atoms with Gasteiger partial charge in [-0.2, -0.15) is 8.78 Å². The van der Waals surface area contributed by atoms with E-state index in [1.807, 2.05) is 18.2 Å². The largest absolute Gasteiger partial charge is 0.467 e. The van der Waals surface area contributed by atoms with Crippen LogP contribution >= 0.6 is 11.8 Å². The molecule has 0 aliphatic heterocycles. The molecular formula is C15H17F2NOS. The summed E-state index contributed by atoms with van der Waals surface area (Å²) in [6, 6.07) is 9.01.